The fourth-order valence-electron chi connectivity index (χ4n) is 3.06. The van der Waals surface area contributed by atoms with Crippen LogP contribution in [0.25, 0.3) is 11.1 Å². The van der Waals surface area contributed by atoms with Crippen molar-refractivity contribution < 1.29 is 14.6 Å². The molecule has 2 aromatic rings. The second kappa shape index (κ2) is 6.49. The molecular weight excluding hydrogens is 288 g/mol. The molecule has 23 heavy (non-hydrogen) atoms. The van der Waals surface area contributed by atoms with E-state index in [2.05, 4.69) is 0 Å². The predicted molar refractivity (Wildman–Crippen MR) is 89.7 cm³/mol. The van der Waals surface area contributed by atoms with Crippen molar-refractivity contribution in [2.45, 2.75) is 31.7 Å². The highest BCUT2D eigenvalue weighted by molar-refractivity contribution is 5.98. The molecule has 1 aliphatic heterocycles. The van der Waals surface area contributed by atoms with E-state index >= 15 is 0 Å². The van der Waals surface area contributed by atoms with Crippen molar-refractivity contribution in [3.05, 3.63) is 72.3 Å². The quantitative estimate of drug-likeness (QED) is 0.934. The summed E-state index contributed by atoms with van der Waals surface area (Å²) < 4.78 is 5.68. The predicted octanol–water partition coefficient (Wildman–Crippen LogP) is 3.82. The summed E-state index contributed by atoms with van der Waals surface area (Å²) in [5.74, 6) is -0.114. The molecule has 0 saturated carbocycles. The van der Waals surface area contributed by atoms with Gasteiger partial charge in [0.2, 0.25) is 0 Å². The molecule has 0 aliphatic carbocycles. The molecule has 0 radical (unpaired) electrons. The molecule has 1 heterocycles. The van der Waals surface area contributed by atoms with Crippen LogP contribution in [0.1, 0.15) is 25.3 Å². The van der Waals surface area contributed by atoms with Crippen LogP contribution in [0.15, 0.2) is 66.7 Å². The van der Waals surface area contributed by atoms with E-state index in [1.807, 2.05) is 61.5 Å². The first-order valence-corrected chi connectivity index (χ1v) is 7.90. The molecule has 0 saturated heterocycles. The number of hydrogen-bond acceptors (Lipinski definition) is 3. The molecule has 118 valence electrons. The van der Waals surface area contributed by atoms with Gasteiger partial charge in [0.25, 0.3) is 0 Å². The molecule has 3 heteroatoms. The average Bonchev–Trinajstić information content (AvgIpc) is 2.59. The number of benzene rings is 2. The maximum atomic E-state index is 12.5. The van der Waals surface area contributed by atoms with Crippen LogP contribution in [0, 0.1) is 0 Å². The Kier molecular flexibility index (Phi) is 4.42. The van der Waals surface area contributed by atoms with E-state index < -0.39 is 11.9 Å². The van der Waals surface area contributed by atoms with E-state index in [0.717, 1.165) is 23.1 Å². The van der Waals surface area contributed by atoms with Gasteiger partial charge in [-0.25, -0.2) is 0 Å². The third-order valence-electron chi connectivity index (χ3n) is 4.19. The Morgan fingerprint density at radius 2 is 1.70 bits per heavy atom. The first-order valence-electron chi connectivity index (χ1n) is 7.90. The zero-order valence-corrected chi connectivity index (χ0v) is 13.1. The van der Waals surface area contributed by atoms with E-state index in [1.54, 1.807) is 0 Å². The number of carbonyl (C=O) groups is 1. The van der Waals surface area contributed by atoms with Gasteiger partial charge >= 0.3 is 0 Å². The number of ether oxygens (including phenoxy) is 1. The summed E-state index contributed by atoms with van der Waals surface area (Å²) in [5, 5.41) is 9.82. The lowest BCUT2D eigenvalue weighted by molar-refractivity contribution is -0.184. The zero-order valence-electron chi connectivity index (χ0n) is 13.1. The second-order valence-corrected chi connectivity index (χ2v) is 5.75. The molecule has 0 aromatic heterocycles. The topological polar surface area (TPSA) is 46.5 Å². The van der Waals surface area contributed by atoms with Crippen molar-refractivity contribution in [2.24, 2.45) is 0 Å². The van der Waals surface area contributed by atoms with Crippen LogP contribution in [0.4, 0.5) is 0 Å². The highest BCUT2D eigenvalue weighted by atomic mass is 16.6. The Balaban J connectivity index is 1.98. The third kappa shape index (κ3) is 2.98. The highest BCUT2D eigenvalue weighted by Crippen LogP contribution is 2.37. The fraction of sp³-hybridized carbons (Fsp3) is 0.250. The summed E-state index contributed by atoms with van der Waals surface area (Å²) >= 11 is 0. The highest BCUT2D eigenvalue weighted by Gasteiger charge is 2.42. The zero-order chi connectivity index (χ0) is 16.3. The van der Waals surface area contributed by atoms with E-state index in [1.165, 1.54) is 12.2 Å². The van der Waals surface area contributed by atoms with Gasteiger partial charge < -0.3 is 9.84 Å². The molecule has 3 rings (SSSR count). The summed E-state index contributed by atoms with van der Waals surface area (Å²) in [4.78, 5) is 12.5. The van der Waals surface area contributed by atoms with Crippen molar-refractivity contribution in [2.75, 3.05) is 0 Å². The first kappa shape index (κ1) is 15.7. The van der Waals surface area contributed by atoms with Crippen LogP contribution >= 0.6 is 0 Å². The van der Waals surface area contributed by atoms with Crippen LogP contribution in [0.5, 0.6) is 0 Å². The van der Waals surface area contributed by atoms with Crippen LogP contribution < -0.4 is 0 Å². The number of rotatable bonds is 4. The lowest BCUT2D eigenvalue weighted by Crippen LogP contribution is -2.43. The average molecular weight is 308 g/mol. The summed E-state index contributed by atoms with van der Waals surface area (Å²) in [6, 6.07) is 17.9. The summed E-state index contributed by atoms with van der Waals surface area (Å²) in [6.45, 7) is 2.00. The van der Waals surface area contributed by atoms with Gasteiger partial charge in [-0.1, -0.05) is 67.9 Å². The number of ketones is 1. The van der Waals surface area contributed by atoms with Gasteiger partial charge in [0, 0.05) is 0 Å². The van der Waals surface area contributed by atoms with Gasteiger partial charge in [-0.05, 0) is 35.3 Å². The van der Waals surface area contributed by atoms with Crippen molar-refractivity contribution in [3.63, 3.8) is 0 Å². The standard InChI is InChI=1S/C20H20O3/c1-2-14-20(18(21)12-13-19(22)23-20)17-10-8-16(9-11-17)15-6-4-3-5-7-15/h3-13,19,22H,2,14H2,1H3/t19-,20+/m1/s1. The van der Waals surface area contributed by atoms with Gasteiger partial charge in [-0.2, -0.15) is 0 Å². The van der Waals surface area contributed by atoms with Crippen molar-refractivity contribution in [1.82, 2.24) is 0 Å². The monoisotopic (exact) mass is 308 g/mol. The Morgan fingerprint density at radius 3 is 2.35 bits per heavy atom. The van der Waals surface area contributed by atoms with Crippen LogP contribution in [-0.2, 0) is 15.1 Å². The van der Waals surface area contributed by atoms with Crippen molar-refractivity contribution >= 4 is 5.78 Å². The van der Waals surface area contributed by atoms with Gasteiger partial charge in [0.05, 0.1) is 0 Å². The van der Waals surface area contributed by atoms with Crippen molar-refractivity contribution in [3.8, 4) is 11.1 Å². The Morgan fingerprint density at radius 1 is 1.04 bits per heavy atom. The molecule has 0 bridgehead atoms. The van der Waals surface area contributed by atoms with Gasteiger partial charge in [0.15, 0.2) is 17.7 Å². The maximum Gasteiger partial charge on any atom is 0.192 e. The molecular formula is C20H20O3. The minimum atomic E-state index is -1.09. The molecule has 2 atom stereocenters. The van der Waals surface area contributed by atoms with Gasteiger partial charge in [-0.3, -0.25) is 4.79 Å². The minimum Gasteiger partial charge on any atom is -0.365 e. The normalized spacial score (nSPS) is 23.9. The minimum absolute atomic E-state index is 0.114. The maximum absolute atomic E-state index is 12.5. The molecule has 0 unspecified atom stereocenters. The van der Waals surface area contributed by atoms with Gasteiger partial charge in [-0.15, -0.1) is 0 Å². The molecule has 3 nitrogen and oxygen atoms in total. The van der Waals surface area contributed by atoms with E-state index in [4.69, 9.17) is 4.74 Å². The number of hydrogen-bond donors (Lipinski definition) is 1. The number of aliphatic hydroxyl groups excluding tert-OH is 1. The first-order chi connectivity index (χ1) is 11.2. The van der Waals surface area contributed by atoms with Gasteiger partial charge in [0.1, 0.15) is 0 Å². The molecule has 1 aliphatic rings. The molecule has 2 aromatic carbocycles. The SMILES string of the molecule is CCC[C@@]1(c2ccc(-c3ccccc3)cc2)O[C@@H](O)C=CC1=O. The van der Waals surface area contributed by atoms with E-state index in [9.17, 15) is 9.90 Å². The molecule has 0 fully saturated rings. The fourth-order valence-corrected chi connectivity index (χ4v) is 3.06. The smallest absolute Gasteiger partial charge is 0.192 e. The van der Waals surface area contributed by atoms with Crippen LogP contribution in [-0.4, -0.2) is 17.2 Å². The summed E-state index contributed by atoms with van der Waals surface area (Å²) in [5.41, 5.74) is 1.91. The van der Waals surface area contributed by atoms with Crippen LogP contribution in [0.3, 0.4) is 0 Å². The lowest BCUT2D eigenvalue weighted by Gasteiger charge is -2.35. The Labute approximate surface area is 136 Å². The second-order valence-electron chi connectivity index (χ2n) is 5.75. The third-order valence-corrected chi connectivity index (χ3v) is 4.19. The summed E-state index contributed by atoms with van der Waals surface area (Å²) in [7, 11) is 0. The molecule has 0 spiro atoms. The van der Waals surface area contributed by atoms with E-state index in [-0.39, 0.29) is 5.78 Å². The Hall–Kier alpha value is -2.23. The number of carbonyl (C=O) groups excluding carboxylic acids is 1. The van der Waals surface area contributed by atoms with E-state index in [0.29, 0.717) is 6.42 Å². The van der Waals surface area contributed by atoms with Crippen molar-refractivity contribution in [1.29, 1.82) is 0 Å². The molecule has 1 N–H and O–H groups in total. The number of aliphatic hydroxyl groups is 1. The van der Waals surface area contributed by atoms with Crippen LogP contribution in [0.2, 0.25) is 0 Å². The lowest BCUT2D eigenvalue weighted by atomic mass is 9.83. The Bertz CT molecular complexity index is 703. The molecule has 0 amide bonds. The largest absolute Gasteiger partial charge is 0.365 e. The summed E-state index contributed by atoms with van der Waals surface area (Å²) in [6.07, 6.45) is 3.09.